The van der Waals surface area contributed by atoms with E-state index in [1.54, 1.807) is 0 Å². The van der Waals surface area contributed by atoms with E-state index in [0.29, 0.717) is 25.4 Å². The molecule has 2 rings (SSSR count). The number of rotatable bonds is 4. The van der Waals surface area contributed by atoms with Gasteiger partial charge in [-0.2, -0.15) is 0 Å². The maximum Gasteiger partial charge on any atom is 0.231 e. The summed E-state index contributed by atoms with van der Waals surface area (Å²) in [6.45, 7) is 5.34. The quantitative estimate of drug-likeness (QED) is 0.648. The van der Waals surface area contributed by atoms with Crippen LogP contribution in [0, 0.1) is 5.92 Å². The first-order valence-corrected chi connectivity index (χ1v) is 6.64. The zero-order valence-corrected chi connectivity index (χ0v) is 10.7. The van der Waals surface area contributed by atoms with Crippen molar-refractivity contribution in [2.75, 3.05) is 45.8 Å². The Morgan fingerprint density at radius 2 is 1.94 bits per heavy atom. The summed E-state index contributed by atoms with van der Waals surface area (Å²) < 4.78 is 0. The van der Waals surface area contributed by atoms with Gasteiger partial charge in [-0.3, -0.25) is 14.5 Å². The molecule has 0 saturated carbocycles. The molecule has 2 heterocycles. The number of hydrogen-bond acceptors (Lipinski definition) is 4. The Balaban J connectivity index is 1.76. The van der Waals surface area contributed by atoms with E-state index in [2.05, 4.69) is 5.32 Å². The highest BCUT2D eigenvalue weighted by atomic mass is 16.2. The maximum absolute atomic E-state index is 12.1. The summed E-state index contributed by atoms with van der Waals surface area (Å²) in [7, 11) is 0. The van der Waals surface area contributed by atoms with Crippen LogP contribution in [0.1, 0.15) is 12.8 Å². The van der Waals surface area contributed by atoms with E-state index in [1.165, 1.54) is 0 Å². The van der Waals surface area contributed by atoms with Gasteiger partial charge >= 0.3 is 0 Å². The topological polar surface area (TPSA) is 78.7 Å². The lowest BCUT2D eigenvalue weighted by atomic mass is 9.98. The molecular formula is C12H22N4O2. The predicted molar refractivity (Wildman–Crippen MR) is 67.8 cm³/mol. The lowest BCUT2D eigenvalue weighted by molar-refractivity contribution is -0.132. The highest BCUT2D eigenvalue weighted by Gasteiger charge is 2.25. The van der Waals surface area contributed by atoms with Gasteiger partial charge in [-0.15, -0.1) is 0 Å². The average molecular weight is 254 g/mol. The van der Waals surface area contributed by atoms with Crippen LogP contribution in [0.25, 0.3) is 0 Å². The van der Waals surface area contributed by atoms with Gasteiger partial charge in [-0.1, -0.05) is 0 Å². The monoisotopic (exact) mass is 254 g/mol. The fourth-order valence-corrected chi connectivity index (χ4v) is 2.47. The van der Waals surface area contributed by atoms with Crippen LogP contribution in [0.2, 0.25) is 0 Å². The van der Waals surface area contributed by atoms with E-state index in [-0.39, 0.29) is 11.8 Å². The Hall–Kier alpha value is -1.14. The molecule has 6 heteroatoms. The van der Waals surface area contributed by atoms with Crippen molar-refractivity contribution < 1.29 is 9.59 Å². The Kier molecular flexibility index (Phi) is 4.54. The maximum atomic E-state index is 12.1. The second kappa shape index (κ2) is 6.15. The van der Waals surface area contributed by atoms with Crippen molar-refractivity contribution in [2.24, 2.45) is 11.7 Å². The number of nitrogens with two attached hydrogens (primary N) is 1. The van der Waals surface area contributed by atoms with Crippen LogP contribution in [0.4, 0.5) is 0 Å². The zero-order valence-electron chi connectivity index (χ0n) is 10.7. The van der Waals surface area contributed by atoms with Crippen LogP contribution in [-0.4, -0.2) is 67.4 Å². The summed E-state index contributed by atoms with van der Waals surface area (Å²) in [5, 5.41) is 3.18. The second-order valence-electron chi connectivity index (χ2n) is 5.21. The molecule has 0 aliphatic carbocycles. The van der Waals surface area contributed by atoms with E-state index in [9.17, 15) is 9.59 Å². The van der Waals surface area contributed by atoms with Gasteiger partial charge < -0.3 is 16.0 Å². The molecule has 18 heavy (non-hydrogen) atoms. The molecular weight excluding hydrogens is 232 g/mol. The van der Waals surface area contributed by atoms with Gasteiger partial charge in [0.25, 0.3) is 0 Å². The van der Waals surface area contributed by atoms with Crippen LogP contribution in [0.15, 0.2) is 0 Å². The summed E-state index contributed by atoms with van der Waals surface area (Å²) >= 11 is 0. The fourth-order valence-electron chi connectivity index (χ4n) is 2.47. The highest BCUT2D eigenvalue weighted by Crippen LogP contribution is 2.12. The molecule has 2 aliphatic rings. The minimum Gasteiger partial charge on any atom is -0.369 e. The van der Waals surface area contributed by atoms with Crippen molar-refractivity contribution in [3.05, 3.63) is 0 Å². The fraction of sp³-hybridized carbons (Fsp3) is 0.833. The van der Waals surface area contributed by atoms with Gasteiger partial charge in [0, 0.05) is 32.6 Å². The number of amides is 2. The number of nitrogens with zero attached hydrogens (tertiary/aromatic N) is 2. The van der Waals surface area contributed by atoms with Crippen molar-refractivity contribution in [3.63, 3.8) is 0 Å². The molecule has 0 atom stereocenters. The molecule has 0 aromatic carbocycles. The van der Waals surface area contributed by atoms with Crippen molar-refractivity contribution in [2.45, 2.75) is 12.8 Å². The first-order valence-electron chi connectivity index (χ1n) is 6.64. The Labute approximate surface area is 107 Å². The van der Waals surface area contributed by atoms with E-state index >= 15 is 0 Å². The van der Waals surface area contributed by atoms with Crippen LogP contribution in [0.3, 0.4) is 0 Å². The number of carbonyl (C=O) groups excluding carboxylic acids is 2. The van der Waals surface area contributed by atoms with Gasteiger partial charge in [-0.25, -0.2) is 0 Å². The van der Waals surface area contributed by atoms with Crippen molar-refractivity contribution in [3.8, 4) is 0 Å². The van der Waals surface area contributed by atoms with Crippen LogP contribution in [-0.2, 0) is 9.59 Å². The van der Waals surface area contributed by atoms with Crippen LogP contribution >= 0.6 is 0 Å². The van der Waals surface area contributed by atoms with Crippen LogP contribution in [0.5, 0.6) is 0 Å². The summed E-state index contributed by atoms with van der Waals surface area (Å²) in [6, 6.07) is 0. The summed E-state index contributed by atoms with van der Waals surface area (Å²) in [6.07, 6.45) is 1.57. The molecule has 0 spiro atoms. The zero-order chi connectivity index (χ0) is 13.0. The van der Waals surface area contributed by atoms with Gasteiger partial charge in [0.05, 0.1) is 6.54 Å². The average Bonchev–Trinajstić information content (AvgIpc) is 2.48. The number of nitrogens with one attached hydrogen (secondary N) is 1. The smallest absolute Gasteiger partial charge is 0.231 e. The molecule has 0 aromatic heterocycles. The molecule has 0 bridgehead atoms. The first kappa shape index (κ1) is 13.3. The highest BCUT2D eigenvalue weighted by molar-refractivity contribution is 5.77. The Morgan fingerprint density at radius 1 is 1.17 bits per heavy atom. The molecule has 0 aromatic rings. The Morgan fingerprint density at radius 3 is 2.56 bits per heavy atom. The minimum atomic E-state index is -0.296. The standard InChI is InChI=1S/C12H22N4O2/c13-11(17)9-15-2-1-3-16(5-4-15)12(18)6-10-7-14-8-10/h10,14H,1-9H2,(H2,13,17). The third kappa shape index (κ3) is 3.68. The number of carbonyl (C=O) groups is 2. The molecule has 102 valence electrons. The summed E-state index contributed by atoms with van der Waals surface area (Å²) in [5.74, 6) is 0.472. The number of hydrogen-bond donors (Lipinski definition) is 2. The van der Waals surface area contributed by atoms with E-state index in [1.807, 2.05) is 9.80 Å². The normalized spacial score (nSPS) is 22.3. The SMILES string of the molecule is NC(=O)CN1CCCN(C(=O)CC2CNC2)CC1. The van der Waals surface area contributed by atoms with E-state index in [0.717, 1.165) is 39.1 Å². The molecule has 3 N–H and O–H groups in total. The molecule has 2 saturated heterocycles. The van der Waals surface area contributed by atoms with Crippen molar-refractivity contribution in [1.29, 1.82) is 0 Å². The van der Waals surface area contributed by atoms with E-state index in [4.69, 9.17) is 5.73 Å². The molecule has 0 radical (unpaired) electrons. The minimum absolute atomic E-state index is 0.252. The largest absolute Gasteiger partial charge is 0.369 e. The van der Waals surface area contributed by atoms with E-state index < -0.39 is 0 Å². The Bertz CT molecular complexity index is 317. The lowest BCUT2D eigenvalue weighted by Crippen LogP contribution is -2.46. The van der Waals surface area contributed by atoms with Gasteiger partial charge in [0.1, 0.15) is 0 Å². The van der Waals surface area contributed by atoms with Crippen molar-refractivity contribution in [1.82, 2.24) is 15.1 Å². The molecule has 2 fully saturated rings. The molecule has 6 nitrogen and oxygen atoms in total. The second-order valence-corrected chi connectivity index (χ2v) is 5.21. The van der Waals surface area contributed by atoms with Gasteiger partial charge in [-0.05, 0) is 25.4 Å². The van der Waals surface area contributed by atoms with Gasteiger partial charge in [0.2, 0.25) is 11.8 Å². The molecule has 2 aliphatic heterocycles. The third-order valence-corrected chi connectivity index (χ3v) is 3.65. The molecule has 2 amide bonds. The molecule has 0 unspecified atom stereocenters. The lowest BCUT2D eigenvalue weighted by Gasteiger charge is -2.29. The third-order valence-electron chi connectivity index (χ3n) is 3.65. The van der Waals surface area contributed by atoms with Gasteiger partial charge in [0.15, 0.2) is 0 Å². The number of primary amides is 1. The van der Waals surface area contributed by atoms with Crippen molar-refractivity contribution >= 4 is 11.8 Å². The summed E-state index contributed by atoms with van der Waals surface area (Å²) in [4.78, 5) is 26.9. The van der Waals surface area contributed by atoms with Crippen LogP contribution < -0.4 is 11.1 Å². The summed E-state index contributed by atoms with van der Waals surface area (Å²) in [5.41, 5.74) is 5.19. The first-order chi connectivity index (χ1) is 8.65. The predicted octanol–water partition coefficient (Wildman–Crippen LogP) is -1.38.